The van der Waals surface area contributed by atoms with Gasteiger partial charge in [-0.2, -0.15) is 45.7 Å². The average molecular weight is 1590 g/mol. The number of thiol groups is 2. The van der Waals surface area contributed by atoms with Crippen LogP contribution in [0.5, 0.6) is 0 Å². The second-order valence-electron chi connectivity index (χ2n) is 36.5. The Morgan fingerprint density at radius 2 is 0.907 bits per heavy atom. The van der Waals surface area contributed by atoms with Gasteiger partial charge in [-0.1, -0.05) is 44.1 Å². The highest BCUT2D eigenvalue weighted by Gasteiger charge is 2.63. The topological polar surface area (TPSA) is 239 Å². The maximum Gasteiger partial charge on any atom is 0.157 e. The number of carbonyl (C=O) groups excluding carboxylic acids is 3. The normalized spacial score (nSPS) is 39.6. The van der Waals surface area contributed by atoms with Gasteiger partial charge in [-0.3, -0.25) is 38.7 Å². The van der Waals surface area contributed by atoms with Crippen molar-refractivity contribution >= 4 is 86.0 Å². The number of aromatic nitrogens is 7. The molecule has 13 aliphatic rings. The van der Waals surface area contributed by atoms with Crippen molar-refractivity contribution in [1.82, 2.24) is 34.5 Å². The van der Waals surface area contributed by atoms with Gasteiger partial charge in [-0.15, -0.1) is 0 Å². The molecule has 108 heavy (non-hydrogen) atoms. The predicted octanol–water partition coefficient (Wildman–Crippen LogP) is 17.3. The molecule has 0 amide bonds. The van der Waals surface area contributed by atoms with E-state index >= 15 is 0 Å². The third-order valence-electron chi connectivity index (χ3n) is 31.6. The number of azo groups is 1. The Balaban J connectivity index is 0.000000140. The average Bonchev–Trinajstić information content (AvgIpc) is 1.39. The molecule has 596 valence electrons. The number of ketones is 3. The number of hydrogen-bond donors (Lipinski definition) is 5. The lowest BCUT2D eigenvalue weighted by atomic mass is 9.49. The van der Waals surface area contributed by atoms with Crippen LogP contribution in [0.25, 0.3) is 21.8 Å². The van der Waals surface area contributed by atoms with E-state index in [-0.39, 0.29) is 41.4 Å². The minimum atomic E-state index is -0.622. The van der Waals surface area contributed by atoms with Crippen LogP contribution < -0.4 is 0 Å². The van der Waals surface area contributed by atoms with Crippen molar-refractivity contribution in [2.24, 2.45) is 133 Å². The fourth-order valence-corrected chi connectivity index (χ4v) is 27.6. The molecule has 3 N–H and O–H groups in total. The van der Waals surface area contributed by atoms with Gasteiger partial charge in [0.25, 0.3) is 0 Å². The molecular weight excluding hydrogens is 1460 g/mol. The third kappa shape index (κ3) is 16.5. The summed E-state index contributed by atoms with van der Waals surface area (Å²) >= 11 is 10.5. The van der Waals surface area contributed by atoms with E-state index in [2.05, 4.69) is 97.3 Å². The first kappa shape index (κ1) is 83.4. The number of hydrogen-bond acceptors (Lipinski definition) is 18. The second kappa shape index (κ2) is 35.4. The van der Waals surface area contributed by atoms with Crippen LogP contribution in [-0.2, 0) is 48.2 Å². The van der Waals surface area contributed by atoms with E-state index < -0.39 is 16.8 Å². The van der Waals surface area contributed by atoms with Crippen LogP contribution in [0.2, 0.25) is 0 Å². The number of Topliss-reactive ketones (excluding diaryl/α,β-unsaturated/α-hetero) is 3. The summed E-state index contributed by atoms with van der Waals surface area (Å²) in [6.45, 7) is 10.2. The minimum Gasteiger partial charge on any atom is -0.387 e. The number of rotatable bonds is 14. The van der Waals surface area contributed by atoms with Gasteiger partial charge < -0.3 is 29.5 Å². The highest BCUT2D eigenvalue weighted by Crippen LogP contribution is 2.68. The van der Waals surface area contributed by atoms with Gasteiger partial charge >= 0.3 is 0 Å². The first-order valence-corrected chi connectivity index (χ1v) is 44.1. The summed E-state index contributed by atoms with van der Waals surface area (Å²) in [5.74, 6) is 12.8. The van der Waals surface area contributed by atoms with Crippen LogP contribution in [0.1, 0.15) is 207 Å². The summed E-state index contributed by atoms with van der Waals surface area (Å²) in [5, 5.41) is 52.2. The van der Waals surface area contributed by atoms with Crippen molar-refractivity contribution in [3.05, 3.63) is 73.3 Å². The maximum absolute atomic E-state index is 13.6. The summed E-state index contributed by atoms with van der Waals surface area (Å²) in [7, 11) is 5.10. The first-order chi connectivity index (χ1) is 51.7. The summed E-state index contributed by atoms with van der Waals surface area (Å²) < 4.78 is 19.7. The van der Waals surface area contributed by atoms with E-state index in [0.29, 0.717) is 85.2 Å². The van der Waals surface area contributed by atoms with Gasteiger partial charge in [0, 0.05) is 80.2 Å². The molecule has 5 aromatic rings. The molecule has 6 heterocycles. The summed E-state index contributed by atoms with van der Waals surface area (Å²) in [5.41, 5.74) is 2.55. The monoisotopic (exact) mass is 1590 g/mol. The smallest absolute Gasteiger partial charge is 0.157 e. The van der Waals surface area contributed by atoms with Crippen molar-refractivity contribution < 1.29 is 43.9 Å². The number of alkyl halides is 1. The van der Waals surface area contributed by atoms with Gasteiger partial charge in [-0.05, 0) is 309 Å². The molecule has 0 saturated heterocycles. The third-order valence-corrected chi connectivity index (χ3v) is 32.1. The number of pyridine rings is 3. The van der Waals surface area contributed by atoms with E-state index in [0.717, 1.165) is 164 Å². The molecule has 18 nitrogen and oxygen atoms in total. The molecule has 0 spiro atoms. The second-order valence-corrected chi connectivity index (χ2v) is 37.0. The fraction of sp³-hybridized carbons (Fsp3) is 0.770. The SMILES string of the molecule is C.COC[C@@]1(O)CC[C@H]2[C@H](CC[C@@H]3[C@@H]2CC[C@]2(C)[C@@H](C(=O)CBr)CC[C@@H]32)C1.COC[C@@]1(O)CC[C@H]2[C@H](CC[C@@H]3[C@@H]2CC[C@]2(C)[C@@H](C(=O)Cn4cc5ccncc5n4)CC[C@@H]32)C1.COC[C@@]1(O)CC[C@H]2[C@H](CC[C@@H]3[C@@H]2CC[C@]2(C)[C@@H](C(=O)Cn4ncc5ccncc54)CC[C@@H]32)C1.CS.CS.c1cc2c(cn1)N=NC2. The van der Waals surface area contributed by atoms with E-state index in [1.54, 1.807) is 64.8 Å². The predicted molar refractivity (Wildman–Crippen MR) is 435 cm³/mol. The standard InChI is InChI=1S/2C28H39N3O3.C22H35BrO3.C6H5N3.2CH4S.CH4/c1-27-10-7-21-20-8-11-28(33,17-34-2)13-18(20)3-4-22(21)23(27)5-6-24(27)26(32)16-31-15-19-9-12-29-14-25(19)30-31;1-27-10-7-21-20-8-11-28(33,17-34-2)13-18(20)3-4-22(21)23(27)5-6-24(27)26(32)16-31-25-15-29-12-9-19(25)14-30-31;1-21-9-7-16-15-8-10-22(25,13-26-2)11-14(15)3-4-17(16)18(21)5-6-19(21)20(24)12-23;1-2-7-4-6-5(1)3-8-9-6;2*1-2;/h2*9,12,14-15,18,20-24,33H,3-8,10-11,13,16-17H2,1-2H3;14-19,25H,3-13H2,1-2H3;1-2,4H,3H2;2*2H,1H3;1H4/t2*18-,20+,21-,22-,23+,24-,27+,28-;14-,15+,16-,17-,18+,19-,21+,22-;;;;/m111..../s1. The Morgan fingerprint density at radius 1 is 0.491 bits per heavy atom. The van der Waals surface area contributed by atoms with Crippen molar-refractivity contribution in [1.29, 1.82) is 0 Å². The lowest BCUT2D eigenvalue weighted by molar-refractivity contribution is -0.137. The number of halogens is 1. The molecule has 18 rings (SSSR count). The van der Waals surface area contributed by atoms with Crippen LogP contribution >= 0.6 is 41.2 Å². The first-order valence-electron chi connectivity index (χ1n) is 41.2. The Kier molecular flexibility index (Phi) is 27.3. The maximum atomic E-state index is 13.6. The number of carbonyl (C=O) groups is 3. The minimum absolute atomic E-state index is 0. The highest BCUT2D eigenvalue weighted by atomic mass is 79.9. The van der Waals surface area contributed by atoms with Crippen LogP contribution in [-0.4, -0.2) is 143 Å². The zero-order chi connectivity index (χ0) is 75.6. The van der Waals surface area contributed by atoms with Crippen molar-refractivity contribution in [2.75, 3.05) is 59.0 Å². The Hall–Kier alpha value is -4.06. The molecule has 21 heteroatoms. The molecule has 0 bridgehead atoms. The van der Waals surface area contributed by atoms with Crippen LogP contribution in [0.4, 0.5) is 5.69 Å². The molecule has 5 aromatic heterocycles. The van der Waals surface area contributed by atoms with E-state index in [9.17, 15) is 29.7 Å². The van der Waals surface area contributed by atoms with Crippen LogP contribution in [0.3, 0.4) is 0 Å². The summed E-state index contributed by atoms with van der Waals surface area (Å²) in [4.78, 5) is 52.0. The molecule has 0 unspecified atom stereocenters. The Labute approximate surface area is 663 Å². The van der Waals surface area contributed by atoms with Gasteiger partial charge in [0.1, 0.15) is 23.5 Å². The van der Waals surface area contributed by atoms with Crippen molar-refractivity contribution in [3.8, 4) is 0 Å². The van der Waals surface area contributed by atoms with E-state index in [1.807, 2.05) is 46.2 Å². The number of methoxy groups -OCH3 is 3. The lowest BCUT2D eigenvalue weighted by Crippen LogP contribution is -2.52. The molecule has 12 fully saturated rings. The van der Waals surface area contributed by atoms with Gasteiger partial charge in [-0.25, -0.2) is 0 Å². The molecule has 12 saturated carbocycles. The fourth-order valence-electron chi connectivity index (χ4n) is 27.2. The molecular formula is C87H130BrN9O9S2. The number of nitrogens with zero attached hydrogens (tertiary/aromatic N) is 9. The molecule has 1 aliphatic heterocycles. The van der Waals surface area contributed by atoms with E-state index in [4.69, 9.17) is 14.2 Å². The van der Waals surface area contributed by atoms with Crippen molar-refractivity contribution in [3.63, 3.8) is 0 Å². The summed E-state index contributed by atoms with van der Waals surface area (Å²) in [6.07, 6.45) is 48.4. The highest BCUT2D eigenvalue weighted by molar-refractivity contribution is 9.09. The van der Waals surface area contributed by atoms with Crippen LogP contribution in [0, 0.1) is 123 Å². The quantitative estimate of drug-likeness (QED) is 0.0514. The number of ether oxygens (including phenoxy) is 3. The summed E-state index contributed by atoms with van der Waals surface area (Å²) in [6, 6.07) is 5.85. The zero-order valence-corrected chi connectivity index (χ0v) is 68.7. The lowest BCUT2D eigenvalue weighted by Gasteiger charge is -2.57. The molecule has 12 aliphatic carbocycles. The van der Waals surface area contributed by atoms with Gasteiger partial charge in [0.15, 0.2) is 11.6 Å². The Bertz CT molecular complexity index is 3840. The number of fused-ring (bicyclic) bond motifs is 18. The molecule has 0 radical (unpaired) electrons. The molecule has 0 aromatic carbocycles. The van der Waals surface area contributed by atoms with Gasteiger partial charge in [0.05, 0.1) is 85.3 Å². The zero-order valence-electron chi connectivity index (χ0n) is 65.4. The Morgan fingerprint density at radius 3 is 1.35 bits per heavy atom. The van der Waals surface area contributed by atoms with E-state index in [1.165, 1.54) is 108 Å². The van der Waals surface area contributed by atoms with Gasteiger partial charge in [0.2, 0.25) is 0 Å². The largest absolute Gasteiger partial charge is 0.387 e. The van der Waals surface area contributed by atoms with Crippen LogP contribution in [0.15, 0.2) is 78.0 Å². The number of aliphatic hydroxyl groups is 3. The molecule has 24 atom stereocenters. The van der Waals surface area contributed by atoms with Crippen molar-refractivity contribution in [2.45, 2.75) is 238 Å².